The Bertz CT molecular complexity index is 740. The van der Waals surface area contributed by atoms with Gasteiger partial charge in [-0.3, -0.25) is 9.69 Å². The molecule has 0 radical (unpaired) electrons. The monoisotopic (exact) mass is 372 g/mol. The average Bonchev–Trinajstić information content (AvgIpc) is 3.31. The Morgan fingerprint density at radius 2 is 2.08 bits per heavy atom. The second-order valence-corrected chi connectivity index (χ2v) is 8.65. The van der Waals surface area contributed by atoms with Gasteiger partial charge in [-0.05, 0) is 67.3 Å². The number of piperidine rings is 1. The SMILES string of the molecule is O=C(NCC1CCCN(Cc2cccs2)C1)C1(c2ccc(F)cc2)CC1. The molecule has 2 aromatic rings. The molecule has 4 rings (SSSR count). The lowest BCUT2D eigenvalue weighted by atomic mass is 9.93. The number of hydrogen-bond acceptors (Lipinski definition) is 3. The highest BCUT2D eigenvalue weighted by Crippen LogP contribution is 2.48. The van der Waals surface area contributed by atoms with E-state index in [-0.39, 0.29) is 11.7 Å². The summed E-state index contributed by atoms with van der Waals surface area (Å²) < 4.78 is 13.2. The zero-order chi connectivity index (χ0) is 18.0. The molecular weight excluding hydrogens is 347 g/mol. The number of nitrogens with zero attached hydrogens (tertiary/aromatic N) is 1. The zero-order valence-corrected chi connectivity index (χ0v) is 15.7. The fourth-order valence-corrected chi connectivity index (χ4v) is 4.78. The molecule has 1 saturated heterocycles. The van der Waals surface area contributed by atoms with Crippen molar-refractivity contribution in [1.82, 2.24) is 10.2 Å². The van der Waals surface area contributed by atoms with E-state index in [2.05, 4.69) is 27.7 Å². The van der Waals surface area contributed by atoms with Crippen LogP contribution in [-0.2, 0) is 16.8 Å². The molecule has 5 heteroatoms. The van der Waals surface area contributed by atoms with Gasteiger partial charge in [-0.25, -0.2) is 4.39 Å². The van der Waals surface area contributed by atoms with Gasteiger partial charge in [0.15, 0.2) is 0 Å². The van der Waals surface area contributed by atoms with Crippen molar-refractivity contribution in [2.75, 3.05) is 19.6 Å². The second kappa shape index (κ2) is 7.49. The number of rotatable bonds is 6. The summed E-state index contributed by atoms with van der Waals surface area (Å²) in [6.07, 6.45) is 4.08. The van der Waals surface area contributed by atoms with Gasteiger partial charge in [0.25, 0.3) is 0 Å². The van der Waals surface area contributed by atoms with Crippen LogP contribution in [0, 0.1) is 11.7 Å². The molecule has 0 bridgehead atoms. The van der Waals surface area contributed by atoms with Crippen molar-refractivity contribution < 1.29 is 9.18 Å². The highest BCUT2D eigenvalue weighted by Gasteiger charge is 2.51. The number of carbonyl (C=O) groups excluding carboxylic acids is 1. The molecule has 3 nitrogen and oxygen atoms in total. The van der Waals surface area contributed by atoms with E-state index in [9.17, 15) is 9.18 Å². The number of halogens is 1. The van der Waals surface area contributed by atoms with Crippen molar-refractivity contribution in [1.29, 1.82) is 0 Å². The van der Waals surface area contributed by atoms with Gasteiger partial charge in [-0.15, -0.1) is 11.3 Å². The molecule has 1 amide bonds. The van der Waals surface area contributed by atoms with Gasteiger partial charge in [-0.2, -0.15) is 0 Å². The van der Waals surface area contributed by atoms with Crippen LogP contribution in [0.1, 0.15) is 36.1 Å². The summed E-state index contributed by atoms with van der Waals surface area (Å²) >= 11 is 1.81. The van der Waals surface area contributed by atoms with Crippen LogP contribution < -0.4 is 5.32 Å². The minimum atomic E-state index is -0.418. The van der Waals surface area contributed by atoms with Crippen molar-refractivity contribution in [3.63, 3.8) is 0 Å². The molecule has 1 aromatic carbocycles. The van der Waals surface area contributed by atoms with E-state index in [1.165, 1.54) is 29.9 Å². The summed E-state index contributed by atoms with van der Waals surface area (Å²) in [7, 11) is 0. The van der Waals surface area contributed by atoms with Crippen molar-refractivity contribution in [2.45, 2.75) is 37.6 Å². The Balaban J connectivity index is 1.30. The van der Waals surface area contributed by atoms with Gasteiger partial charge in [0, 0.05) is 24.5 Å². The van der Waals surface area contributed by atoms with E-state index >= 15 is 0 Å². The van der Waals surface area contributed by atoms with Crippen LogP contribution in [-0.4, -0.2) is 30.4 Å². The van der Waals surface area contributed by atoms with Crippen molar-refractivity contribution in [3.8, 4) is 0 Å². The molecule has 2 fully saturated rings. The van der Waals surface area contributed by atoms with Crippen LogP contribution in [0.5, 0.6) is 0 Å². The van der Waals surface area contributed by atoms with Crippen LogP contribution in [0.4, 0.5) is 4.39 Å². The van der Waals surface area contributed by atoms with Crippen molar-refractivity contribution in [3.05, 3.63) is 58.0 Å². The molecular formula is C21H25FN2OS. The van der Waals surface area contributed by atoms with Crippen molar-refractivity contribution in [2.24, 2.45) is 5.92 Å². The normalized spacial score (nSPS) is 22.1. The molecule has 1 saturated carbocycles. The Kier molecular flexibility index (Phi) is 5.09. The van der Waals surface area contributed by atoms with E-state index in [0.29, 0.717) is 5.92 Å². The van der Waals surface area contributed by atoms with E-state index in [1.54, 1.807) is 12.1 Å². The number of benzene rings is 1. The largest absolute Gasteiger partial charge is 0.355 e. The first-order chi connectivity index (χ1) is 12.7. The number of thiophene rings is 1. The highest BCUT2D eigenvalue weighted by atomic mass is 32.1. The Morgan fingerprint density at radius 1 is 1.27 bits per heavy atom. The van der Waals surface area contributed by atoms with E-state index in [0.717, 1.165) is 44.6 Å². The molecule has 1 aromatic heterocycles. The molecule has 1 aliphatic heterocycles. The predicted octanol–water partition coefficient (Wildman–Crippen LogP) is 3.95. The standard InChI is InChI=1S/C21H25FN2OS/c22-18-7-5-17(6-8-18)21(9-10-21)20(25)23-13-16-3-1-11-24(14-16)15-19-4-2-12-26-19/h2,4-8,12,16H,1,3,9-11,13-15H2,(H,23,25). The number of nitrogens with one attached hydrogen (secondary N) is 1. The quantitative estimate of drug-likeness (QED) is 0.833. The van der Waals surface area contributed by atoms with E-state index in [1.807, 2.05) is 11.3 Å². The summed E-state index contributed by atoms with van der Waals surface area (Å²) in [6, 6.07) is 10.7. The van der Waals surface area contributed by atoms with Gasteiger partial charge in [0.2, 0.25) is 5.91 Å². The maximum atomic E-state index is 13.2. The predicted molar refractivity (Wildman–Crippen MR) is 103 cm³/mol. The average molecular weight is 373 g/mol. The number of likely N-dealkylation sites (tertiary alicyclic amines) is 1. The zero-order valence-electron chi connectivity index (χ0n) is 14.9. The Labute approximate surface area is 158 Å². The third kappa shape index (κ3) is 3.84. The molecule has 1 aliphatic carbocycles. The topological polar surface area (TPSA) is 32.3 Å². The fraction of sp³-hybridized carbons (Fsp3) is 0.476. The lowest BCUT2D eigenvalue weighted by Crippen LogP contribution is -2.43. The van der Waals surface area contributed by atoms with Crippen molar-refractivity contribution >= 4 is 17.2 Å². The van der Waals surface area contributed by atoms with E-state index in [4.69, 9.17) is 0 Å². The molecule has 0 spiro atoms. The Hall–Kier alpha value is -1.72. The smallest absolute Gasteiger partial charge is 0.230 e. The lowest BCUT2D eigenvalue weighted by molar-refractivity contribution is -0.123. The first-order valence-electron chi connectivity index (χ1n) is 9.45. The van der Waals surface area contributed by atoms with Crippen LogP contribution in [0.25, 0.3) is 0 Å². The van der Waals surface area contributed by atoms with Gasteiger partial charge in [0.1, 0.15) is 5.82 Å². The number of hydrogen-bond donors (Lipinski definition) is 1. The second-order valence-electron chi connectivity index (χ2n) is 7.62. The number of carbonyl (C=O) groups is 1. The first-order valence-corrected chi connectivity index (χ1v) is 10.3. The van der Waals surface area contributed by atoms with Crippen LogP contribution in [0.3, 0.4) is 0 Å². The minimum Gasteiger partial charge on any atom is -0.355 e. The van der Waals surface area contributed by atoms with Gasteiger partial charge in [0.05, 0.1) is 5.41 Å². The van der Waals surface area contributed by atoms with Crippen LogP contribution in [0.15, 0.2) is 41.8 Å². The summed E-state index contributed by atoms with van der Waals surface area (Å²) in [5.41, 5.74) is 0.526. The highest BCUT2D eigenvalue weighted by molar-refractivity contribution is 7.09. The van der Waals surface area contributed by atoms with E-state index < -0.39 is 5.41 Å². The molecule has 2 heterocycles. The molecule has 1 N–H and O–H groups in total. The van der Waals surface area contributed by atoms with Gasteiger partial charge < -0.3 is 5.32 Å². The molecule has 1 unspecified atom stereocenters. The third-order valence-electron chi connectivity index (χ3n) is 5.70. The molecule has 138 valence electrons. The maximum Gasteiger partial charge on any atom is 0.230 e. The maximum absolute atomic E-state index is 13.2. The minimum absolute atomic E-state index is 0.111. The fourth-order valence-electron chi connectivity index (χ4n) is 4.03. The van der Waals surface area contributed by atoms with Crippen LogP contribution in [0.2, 0.25) is 0 Å². The molecule has 1 atom stereocenters. The molecule has 2 aliphatic rings. The Morgan fingerprint density at radius 3 is 2.77 bits per heavy atom. The van der Waals surface area contributed by atoms with Crippen LogP contribution >= 0.6 is 11.3 Å². The summed E-state index contributed by atoms with van der Waals surface area (Å²) in [5.74, 6) is 0.370. The third-order valence-corrected chi connectivity index (χ3v) is 6.56. The summed E-state index contributed by atoms with van der Waals surface area (Å²) in [6.45, 7) is 3.94. The number of amides is 1. The summed E-state index contributed by atoms with van der Waals surface area (Å²) in [5, 5.41) is 5.32. The summed E-state index contributed by atoms with van der Waals surface area (Å²) in [4.78, 5) is 16.7. The lowest BCUT2D eigenvalue weighted by Gasteiger charge is -2.32. The molecule has 26 heavy (non-hydrogen) atoms. The van der Waals surface area contributed by atoms with Gasteiger partial charge >= 0.3 is 0 Å². The first kappa shape index (κ1) is 17.7. The van der Waals surface area contributed by atoms with Gasteiger partial charge in [-0.1, -0.05) is 18.2 Å².